The number of hydrogen-bond donors (Lipinski definition) is 2. The smallest absolute Gasteiger partial charge is 0.190 e. The van der Waals surface area contributed by atoms with Gasteiger partial charge in [-0.3, -0.25) is 4.99 Å². The number of nitrogens with zero attached hydrogens (tertiary/aromatic N) is 1. The van der Waals surface area contributed by atoms with Crippen molar-refractivity contribution in [3.63, 3.8) is 0 Å². The lowest BCUT2D eigenvalue weighted by atomic mass is 10.2. The van der Waals surface area contributed by atoms with Crippen LogP contribution in [0.1, 0.15) is 32.6 Å². The summed E-state index contributed by atoms with van der Waals surface area (Å²) >= 11 is 0. The monoisotopic (exact) mass is 259 g/mol. The van der Waals surface area contributed by atoms with E-state index < -0.39 is 0 Å². The maximum absolute atomic E-state index is 5.38. The van der Waals surface area contributed by atoms with Crippen molar-refractivity contribution in [2.45, 2.75) is 32.6 Å². The van der Waals surface area contributed by atoms with Crippen LogP contribution in [0.2, 0.25) is 0 Å². The van der Waals surface area contributed by atoms with Gasteiger partial charge >= 0.3 is 0 Å². The van der Waals surface area contributed by atoms with Crippen molar-refractivity contribution < 1.29 is 9.47 Å². The van der Waals surface area contributed by atoms with Crippen molar-refractivity contribution in [2.24, 2.45) is 4.99 Å². The van der Waals surface area contributed by atoms with Crippen molar-refractivity contribution in [3.8, 4) is 0 Å². The minimum atomic E-state index is 0.661. The maximum atomic E-state index is 5.38. The van der Waals surface area contributed by atoms with Gasteiger partial charge in [-0.15, -0.1) is 0 Å². The molecule has 0 amide bonds. The number of rotatable bonds is 11. The molecule has 0 atom stereocenters. The zero-order valence-corrected chi connectivity index (χ0v) is 12.1. The van der Waals surface area contributed by atoms with Gasteiger partial charge in [0.2, 0.25) is 0 Å². The molecule has 0 aromatic heterocycles. The molecule has 0 spiro atoms. The van der Waals surface area contributed by atoms with Gasteiger partial charge in [-0.25, -0.2) is 0 Å². The number of methoxy groups -OCH3 is 1. The lowest BCUT2D eigenvalue weighted by Gasteiger charge is -2.11. The summed E-state index contributed by atoms with van der Waals surface area (Å²) in [7, 11) is 3.48. The van der Waals surface area contributed by atoms with Crippen molar-refractivity contribution in [2.75, 3.05) is 47.1 Å². The third kappa shape index (κ3) is 11.7. The van der Waals surface area contributed by atoms with Crippen molar-refractivity contribution in [1.29, 1.82) is 0 Å². The first-order valence-electron chi connectivity index (χ1n) is 6.86. The van der Waals surface area contributed by atoms with Crippen LogP contribution in [0.15, 0.2) is 4.99 Å². The summed E-state index contributed by atoms with van der Waals surface area (Å²) < 4.78 is 10.3. The molecule has 0 aromatic rings. The highest BCUT2D eigenvalue weighted by Crippen LogP contribution is 1.90. The highest BCUT2D eigenvalue weighted by Gasteiger charge is 1.96. The van der Waals surface area contributed by atoms with Crippen LogP contribution >= 0.6 is 0 Å². The quantitative estimate of drug-likeness (QED) is 0.334. The van der Waals surface area contributed by atoms with Gasteiger partial charge in [-0.2, -0.15) is 0 Å². The van der Waals surface area contributed by atoms with E-state index >= 15 is 0 Å². The minimum absolute atomic E-state index is 0.661. The van der Waals surface area contributed by atoms with Crippen LogP contribution in [0.3, 0.4) is 0 Å². The molecule has 0 heterocycles. The molecular weight excluding hydrogens is 230 g/mol. The Morgan fingerprint density at radius 2 is 1.72 bits per heavy atom. The molecule has 5 heteroatoms. The Balaban J connectivity index is 3.34. The van der Waals surface area contributed by atoms with Crippen LogP contribution < -0.4 is 10.6 Å². The van der Waals surface area contributed by atoms with Gasteiger partial charge in [0, 0.05) is 33.9 Å². The molecule has 5 nitrogen and oxygen atoms in total. The Hall–Kier alpha value is -0.810. The number of unbranched alkanes of at least 4 members (excludes halogenated alkanes) is 2. The van der Waals surface area contributed by atoms with Crippen molar-refractivity contribution >= 4 is 5.96 Å². The third-order valence-corrected chi connectivity index (χ3v) is 2.49. The van der Waals surface area contributed by atoms with Crippen LogP contribution in [-0.2, 0) is 9.47 Å². The second-order valence-corrected chi connectivity index (χ2v) is 4.09. The fraction of sp³-hybridized carbons (Fsp3) is 0.923. The van der Waals surface area contributed by atoms with Gasteiger partial charge in [0.05, 0.1) is 13.2 Å². The number of guanidine groups is 1. The lowest BCUT2D eigenvalue weighted by Crippen LogP contribution is -2.38. The molecule has 0 radical (unpaired) electrons. The van der Waals surface area contributed by atoms with Crippen LogP contribution in [0.4, 0.5) is 0 Å². The van der Waals surface area contributed by atoms with Gasteiger partial charge in [0.25, 0.3) is 0 Å². The maximum Gasteiger partial charge on any atom is 0.190 e. The SMILES string of the molecule is CCCCCNC(=NC)NCCCOCCOC. The molecule has 0 aliphatic carbocycles. The summed E-state index contributed by atoms with van der Waals surface area (Å²) in [5, 5.41) is 6.56. The standard InChI is InChI=1S/C13H29N3O2/c1-4-5-6-8-15-13(14-2)16-9-7-10-18-12-11-17-3/h4-12H2,1-3H3,(H2,14,15,16). The van der Waals surface area contributed by atoms with E-state index in [1.165, 1.54) is 19.3 Å². The van der Waals surface area contributed by atoms with Gasteiger partial charge in [-0.05, 0) is 12.8 Å². The summed E-state index contributed by atoms with van der Waals surface area (Å²) in [5.74, 6) is 0.878. The van der Waals surface area contributed by atoms with E-state index in [-0.39, 0.29) is 0 Å². The van der Waals surface area contributed by atoms with Gasteiger partial charge in [0.15, 0.2) is 5.96 Å². The van der Waals surface area contributed by atoms with E-state index in [0.29, 0.717) is 13.2 Å². The predicted molar refractivity (Wildman–Crippen MR) is 76.2 cm³/mol. The molecule has 0 aliphatic heterocycles. The van der Waals surface area contributed by atoms with Gasteiger partial charge < -0.3 is 20.1 Å². The van der Waals surface area contributed by atoms with Crippen molar-refractivity contribution in [3.05, 3.63) is 0 Å². The molecule has 0 bridgehead atoms. The molecule has 0 aromatic carbocycles. The molecule has 2 N–H and O–H groups in total. The van der Waals surface area contributed by atoms with E-state index in [1.807, 2.05) is 0 Å². The van der Waals surface area contributed by atoms with Gasteiger partial charge in [0.1, 0.15) is 0 Å². The topological polar surface area (TPSA) is 54.9 Å². The second kappa shape index (κ2) is 14.3. The molecular formula is C13H29N3O2. The molecule has 108 valence electrons. The molecule has 0 saturated carbocycles. The Morgan fingerprint density at radius 3 is 2.33 bits per heavy atom. The summed E-state index contributed by atoms with van der Waals surface area (Å²) in [5.41, 5.74) is 0. The minimum Gasteiger partial charge on any atom is -0.382 e. The first-order chi connectivity index (χ1) is 8.85. The number of aliphatic imine (C=N–C) groups is 1. The average molecular weight is 259 g/mol. The Morgan fingerprint density at radius 1 is 1.00 bits per heavy atom. The Labute approximate surface area is 111 Å². The summed E-state index contributed by atoms with van der Waals surface area (Å²) in [6.45, 7) is 6.15. The number of ether oxygens (including phenoxy) is 2. The fourth-order valence-electron chi connectivity index (χ4n) is 1.43. The normalized spacial score (nSPS) is 11.6. The highest BCUT2D eigenvalue weighted by atomic mass is 16.5. The van der Waals surface area contributed by atoms with Crippen LogP contribution in [0.25, 0.3) is 0 Å². The Bertz CT molecular complexity index is 199. The molecule has 0 aliphatic rings. The zero-order chi connectivity index (χ0) is 13.5. The first-order valence-corrected chi connectivity index (χ1v) is 6.86. The number of nitrogens with one attached hydrogen (secondary N) is 2. The molecule has 18 heavy (non-hydrogen) atoms. The first kappa shape index (κ1) is 17.2. The average Bonchev–Trinajstić information content (AvgIpc) is 2.40. The summed E-state index contributed by atoms with van der Waals surface area (Å²) in [6.07, 6.45) is 4.67. The largest absolute Gasteiger partial charge is 0.382 e. The van der Waals surface area contributed by atoms with Crippen LogP contribution in [-0.4, -0.2) is 53.0 Å². The van der Waals surface area contributed by atoms with E-state index in [1.54, 1.807) is 14.2 Å². The van der Waals surface area contributed by atoms with Crippen LogP contribution in [0, 0.1) is 0 Å². The predicted octanol–water partition coefficient (Wildman–Crippen LogP) is 1.39. The fourth-order valence-corrected chi connectivity index (χ4v) is 1.43. The second-order valence-electron chi connectivity index (χ2n) is 4.09. The number of hydrogen-bond acceptors (Lipinski definition) is 3. The van der Waals surface area contributed by atoms with Crippen molar-refractivity contribution in [1.82, 2.24) is 10.6 Å². The summed E-state index contributed by atoms with van der Waals surface area (Å²) in [4.78, 5) is 4.17. The third-order valence-electron chi connectivity index (χ3n) is 2.49. The molecule has 0 unspecified atom stereocenters. The van der Waals surface area contributed by atoms with Crippen LogP contribution in [0.5, 0.6) is 0 Å². The van der Waals surface area contributed by atoms with E-state index in [9.17, 15) is 0 Å². The lowest BCUT2D eigenvalue weighted by molar-refractivity contribution is 0.0698. The van der Waals surface area contributed by atoms with E-state index in [2.05, 4.69) is 22.5 Å². The molecule has 0 saturated heterocycles. The molecule has 0 rings (SSSR count). The highest BCUT2D eigenvalue weighted by molar-refractivity contribution is 5.79. The Kier molecular flexibility index (Phi) is 13.6. The van der Waals surface area contributed by atoms with E-state index in [4.69, 9.17) is 9.47 Å². The summed E-state index contributed by atoms with van der Waals surface area (Å²) in [6, 6.07) is 0. The van der Waals surface area contributed by atoms with Gasteiger partial charge in [-0.1, -0.05) is 19.8 Å². The molecule has 0 fully saturated rings. The van der Waals surface area contributed by atoms with E-state index in [0.717, 1.165) is 32.1 Å². The zero-order valence-electron chi connectivity index (χ0n) is 12.1.